The van der Waals surface area contributed by atoms with Crippen molar-refractivity contribution in [2.45, 2.75) is 32.7 Å². The van der Waals surface area contributed by atoms with Crippen molar-refractivity contribution in [3.63, 3.8) is 0 Å². The van der Waals surface area contributed by atoms with Gasteiger partial charge in [-0.1, -0.05) is 6.07 Å². The average molecular weight is 301 g/mol. The molecule has 0 amide bonds. The highest BCUT2D eigenvalue weighted by Crippen LogP contribution is 2.27. The minimum atomic E-state index is -4.28. The Balaban J connectivity index is 2.05. The van der Waals surface area contributed by atoms with Gasteiger partial charge in [0, 0.05) is 18.1 Å². The molecule has 0 spiro atoms. The fourth-order valence-corrected chi connectivity index (χ4v) is 2.10. The molecule has 0 unspecified atom stereocenters. The van der Waals surface area contributed by atoms with Crippen molar-refractivity contribution in [2.24, 2.45) is 0 Å². The molecule has 0 aliphatic heterocycles. The molecule has 1 heterocycles. The van der Waals surface area contributed by atoms with E-state index >= 15 is 0 Å². The summed E-state index contributed by atoms with van der Waals surface area (Å²) in [6.07, 6.45) is -2.39. The lowest BCUT2D eigenvalue weighted by Gasteiger charge is -2.12. The Morgan fingerprint density at radius 2 is 1.95 bits per heavy atom. The molecule has 6 heteroatoms. The van der Waals surface area contributed by atoms with Crippen LogP contribution in [0.1, 0.15) is 13.8 Å². The number of ether oxygens (including phenoxy) is 2. The van der Waals surface area contributed by atoms with E-state index in [9.17, 15) is 13.2 Å². The molecule has 0 bridgehead atoms. The Morgan fingerprint density at radius 3 is 2.62 bits per heavy atom. The largest absolute Gasteiger partial charge is 0.490 e. The van der Waals surface area contributed by atoms with Gasteiger partial charge in [-0.2, -0.15) is 13.2 Å². The maximum Gasteiger partial charge on any atom is 0.411 e. The predicted molar refractivity (Wildman–Crippen MR) is 74.6 cm³/mol. The van der Waals surface area contributed by atoms with Crippen LogP contribution in [0.25, 0.3) is 10.9 Å². The van der Waals surface area contributed by atoms with Gasteiger partial charge in [0.2, 0.25) is 0 Å². The van der Waals surface area contributed by atoms with Gasteiger partial charge >= 0.3 is 6.18 Å². The summed E-state index contributed by atoms with van der Waals surface area (Å²) in [4.78, 5) is 0. The van der Waals surface area contributed by atoms with E-state index < -0.39 is 12.8 Å². The fraction of sp³-hybridized carbons (Fsp3) is 0.467. The first kappa shape index (κ1) is 15.7. The van der Waals surface area contributed by atoms with Crippen molar-refractivity contribution >= 4 is 10.9 Å². The number of halogens is 3. The summed E-state index contributed by atoms with van der Waals surface area (Å²) in [6, 6.07) is 7.56. The Labute approximate surface area is 121 Å². The minimum Gasteiger partial charge on any atom is -0.490 e. The van der Waals surface area contributed by atoms with Crippen LogP contribution in [0.4, 0.5) is 13.2 Å². The molecule has 1 aromatic heterocycles. The van der Waals surface area contributed by atoms with Gasteiger partial charge in [-0.25, -0.2) is 0 Å². The summed E-state index contributed by atoms with van der Waals surface area (Å²) in [6.45, 7) is 3.05. The second kappa shape index (κ2) is 6.39. The molecule has 1 aromatic carbocycles. The molecule has 0 aliphatic carbocycles. The molecule has 21 heavy (non-hydrogen) atoms. The summed E-state index contributed by atoms with van der Waals surface area (Å²) in [7, 11) is 0. The van der Waals surface area contributed by atoms with Crippen LogP contribution in [0.2, 0.25) is 0 Å². The SMILES string of the molecule is CC(C)Oc1cccc2c1ccn2CCOCC(F)(F)F. The fourth-order valence-electron chi connectivity index (χ4n) is 2.10. The van der Waals surface area contributed by atoms with Crippen LogP contribution < -0.4 is 4.74 Å². The number of hydrogen-bond acceptors (Lipinski definition) is 2. The van der Waals surface area contributed by atoms with Crippen LogP contribution in [0.15, 0.2) is 30.5 Å². The first-order chi connectivity index (χ1) is 9.87. The monoisotopic (exact) mass is 301 g/mol. The number of benzene rings is 1. The van der Waals surface area contributed by atoms with Gasteiger partial charge in [-0.15, -0.1) is 0 Å². The molecule has 0 radical (unpaired) electrons. The van der Waals surface area contributed by atoms with Crippen molar-refractivity contribution in [1.82, 2.24) is 4.57 Å². The van der Waals surface area contributed by atoms with Crippen LogP contribution in [0.5, 0.6) is 5.75 Å². The van der Waals surface area contributed by atoms with E-state index in [1.807, 2.05) is 48.9 Å². The Morgan fingerprint density at radius 1 is 1.19 bits per heavy atom. The van der Waals surface area contributed by atoms with E-state index in [2.05, 4.69) is 4.74 Å². The van der Waals surface area contributed by atoms with Gasteiger partial charge in [-0.05, 0) is 32.0 Å². The number of fused-ring (bicyclic) bond motifs is 1. The van der Waals surface area contributed by atoms with Gasteiger partial charge in [-0.3, -0.25) is 0 Å². The number of rotatable bonds is 6. The Kier molecular flexibility index (Phi) is 4.77. The summed E-state index contributed by atoms with van der Waals surface area (Å²) in [5.74, 6) is 0.775. The van der Waals surface area contributed by atoms with E-state index in [1.165, 1.54) is 0 Å². The molecule has 116 valence electrons. The number of nitrogens with zero attached hydrogens (tertiary/aromatic N) is 1. The van der Waals surface area contributed by atoms with Crippen LogP contribution >= 0.6 is 0 Å². The third kappa shape index (κ3) is 4.39. The molecular formula is C15H18F3NO2. The molecule has 0 saturated carbocycles. The van der Waals surface area contributed by atoms with Crippen LogP contribution in [0.3, 0.4) is 0 Å². The van der Waals surface area contributed by atoms with Crippen molar-refractivity contribution < 1.29 is 22.6 Å². The minimum absolute atomic E-state index is 0.0125. The smallest absolute Gasteiger partial charge is 0.411 e. The maximum atomic E-state index is 12.0. The summed E-state index contributed by atoms with van der Waals surface area (Å²) in [5, 5.41) is 0.946. The van der Waals surface area contributed by atoms with Crippen molar-refractivity contribution in [3.8, 4) is 5.75 Å². The van der Waals surface area contributed by atoms with E-state index in [-0.39, 0.29) is 12.7 Å². The van der Waals surface area contributed by atoms with Gasteiger partial charge in [0.25, 0.3) is 0 Å². The molecule has 0 saturated heterocycles. The van der Waals surface area contributed by atoms with E-state index in [0.29, 0.717) is 6.54 Å². The highest BCUT2D eigenvalue weighted by atomic mass is 19.4. The third-order valence-corrected chi connectivity index (χ3v) is 2.88. The van der Waals surface area contributed by atoms with Crippen LogP contribution in [0, 0.1) is 0 Å². The summed E-state index contributed by atoms with van der Waals surface area (Å²) >= 11 is 0. The molecule has 0 N–H and O–H groups in total. The zero-order valence-corrected chi connectivity index (χ0v) is 12.0. The molecule has 0 aliphatic rings. The highest BCUT2D eigenvalue weighted by molar-refractivity contribution is 5.86. The molecule has 0 atom stereocenters. The number of aromatic nitrogens is 1. The first-order valence-electron chi connectivity index (χ1n) is 6.76. The molecule has 3 nitrogen and oxygen atoms in total. The van der Waals surface area contributed by atoms with Crippen molar-refractivity contribution in [1.29, 1.82) is 0 Å². The summed E-state index contributed by atoms with van der Waals surface area (Å²) < 4.78 is 48.2. The second-order valence-electron chi connectivity index (χ2n) is 5.03. The standard InChI is InChI=1S/C15H18F3NO2/c1-11(2)21-14-5-3-4-13-12(14)6-7-19(13)8-9-20-10-15(16,17)18/h3-7,11H,8-10H2,1-2H3. The van der Waals surface area contributed by atoms with Crippen molar-refractivity contribution in [2.75, 3.05) is 13.2 Å². The molecule has 2 rings (SSSR count). The average Bonchev–Trinajstić information content (AvgIpc) is 2.77. The maximum absolute atomic E-state index is 12.0. The Hall–Kier alpha value is -1.69. The molecule has 0 fully saturated rings. The zero-order valence-electron chi connectivity index (χ0n) is 12.0. The van der Waals surface area contributed by atoms with Gasteiger partial charge < -0.3 is 14.0 Å². The van der Waals surface area contributed by atoms with Crippen LogP contribution in [-0.2, 0) is 11.3 Å². The number of alkyl halides is 3. The summed E-state index contributed by atoms with van der Waals surface area (Å²) in [5.41, 5.74) is 0.920. The lowest BCUT2D eigenvalue weighted by Crippen LogP contribution is -2.18. The quantitative estimate of drug-likeness (QED) is 0.753. The Bertz CT molecular complexity index is 590. The van der Waals surface area contributed by atoms with Gasteiger partial charge in [0.15, 0.2) is 0 Å². The van der Waals surface area contributed by atoms with Gasteiger partial charge in [0.1, 0.15) is 12.4 Å². The van der Waals surface area contributed by atoms with Crippen LogP contribution in [-0.4, -0.2) is 30.1 Å². The van der Waals surface area contributed by atoms with Crippen molar-refractivity contribution in [3.05, 3.63) is 30.5 Å². The van der Waals surface area contributed by atoms with E-state index in [1.54, 1.807) is 0 Å². The second-order valence-corrected chi connectivity index (χ2v) is 5.03. The molecular weight excluding hydrogens is 283 g/mol. The van der Waals surface area contributed by atoms with Gasteiger partial charge in [0.05, 0.1) is 18.2 Å². The highest BCUT2D eigenvalue weighted by Gasteiger charge is 2.27. The predicted octanol–water partition coefficient (Wildman–Crippen LogP) is 4.01. The molecule has 2 aromatic rings. The lowest BCUT2D eigenvalue weighted by molar-refractivity contribution is -0.174. The van der Waals surface area contributed by atoms with E-state index in [4.69, 9.17) is 4.74 Å². The van der Waals surface area contributed by atoms with E-state index in [0.717, 1.165) is 16.7 Å². The third-order valence-electron chi connectivity index (χ3n) is 2.88. The zero-order chi connectivity index (χ0) is 15.5. The lowest BCUT2D eigenvalue weighted by atomic mass is 10.2. The normalized spacial score (nSPS) is 12.3. The first-order valence-corrected chi connectivity index (χ1v) is 6.76. The number of hydrogen-bond donors (Lipinski definition) is 0. The topological polar surface area (TPSA) is 23.4 Å².